The van der Waals surface area contributed by atoms with Crippen LogP contribution in [0.2, 0.25) is 10.0 Å². The Bertz CT molecular complexity index is 1560. The van der Waals surface area contributed by atoms with Crippen LogP contribution in [0.4, 0.5) is 0 Å². The van der Waals surface area contributed by atoms with Crippen molar-refractivity contribution in [1.29, 1.82) is 0 Å². The fourth-order valence-corrected chi connectivity index (χ4v) is 4.45. The van der Waals surface area contributed by atoms with Crippen LogP contribution in [0.5, 0.6) is 6.01 Å². The largest absolute Gasteiger partial charge is 0.463 e. The standard InChI is InChI=1S/C28H27Cl2N4O4Si/c1-15(2)28(4,39)38-27-32-23-14-33(25(36)18-8-11-21(29)22(30)13-18)16(3)12-20(23)26(37)34(27)19-9-6-17(7-10-19)24(35)31-5/h6-11,13,15H,12,14H2,1-5H3/p+1/t28-/m0/s1. The van der Waals surface area contributed by atoms with Crippen LogP contribution in [0.25, 0.3) is 5.69 Å². The molecule has 3 radical (unpaired) electrons. The number of benzene rings is 2. The van der Waals surface area contributed by atoms with Crippen molar-refractivity contribution in [3.8, 4) is 11.7 Å². The number of carbonyl (C=O) groups excluding carboxylic acids is 2. The Labute approximate surface area is 240 Å². The molecule has 1 N–H and O–H groups in total. The average Bonchev–Trinajstić information content (AvgIpc) is 2.89. The van der Waals surface area contributed by atoms with Crippen molar-refractivity contribution in [2.75, 3.05) is 7.05 Å². The Morgan fingerprint density at radius 1 is 1.13 bits per heavy atom. The van der Waals surface area contributed by atoms with Crippen LogP contribution in [0.1, 0.15) is 59.7 Å². The molecule has 2 aromatic carbocycles. The first kappa shape index (κ1) is 28.7. The van der Waals surface area contributed by atoms with Crippen LogP contribution in [-0.4, -0.2) is 54.2 Å². The lowest BCUT2D eigenvalue weighted by atomic mass is 10.0. The molecule has 1 aromatic heterocycles. The van der Waals surface area contributed by atoms with E-state index >= 15 is 0 Å². The molecule has 0 spiro atoms. The summed E-state index contributed by atoms with van der Waals surface area (Å²) in [6, 6.07) is 11.4. The third-order valence-electron chi connectivity index (χ3n) is 6.86. The van der Waals surface area contributed by atoms with E-state index in [2.05, 4.69) is 15.6 Å². The number of nitrogens with zero attached hydrogens (tertiary/aromatic N) is 3. The Kier molecular flexibility index (Phi) is 8.16. The van der Waals surface area contributed by atoms with Crippen molar-refractivity contribution in [2.24, 2.45) is 5.92 Å². The minimum absolute atomic E-state index is 0.0227. The van der Waals surface area contributed by atoms with Crippen molar-refractivity contribution >= 4 is 51.0 Å². The van der Waals surface area contributed by atoms with Crippen molar-refractivity contribution < 1.29 is 18.9 Å². The van der Waals surface area contributed by atoms with Gasteiger partial charge in [-0.05, 0) is 55.3 Å². The molecule has 0 aliphatic carbocycles. The van der Waals surface area contributed by atoms with Crippen molar-refractivity contribution in [3.63, 3.8) is 0 Å². The third kappa shape index (κ3) is 5.71. The van der Waals surface area contributed by atoms with Gasteiger partial charge < -0.3 is 10.1 Å². The number of ether oxygens (including phenoxy) is 1. The number of hydrogen-bond acceptors (Lipinski definition) is 5. The fourth-order valence-electron chi connectivity index (χ4n) is 4.06. The molecule has 1 atom stereocenters. The topological polar surface area (TPSA) is 93.3 Å². The first-order chi connectivity index (χ1) is 18.3. The van der Waals surface area contributed by atoms with Gasteiger partial charge in [0.1, 0.15) is 5.69 Å². The molecular formula is C28H28Cl2N4O4Si+. The van der Waals surface area contributed by atoms with Gasteiger partial charge in [0.25, 0.3) is 11.5 Å². The monoisotopic (exact) mass is 582 g/mol. The number of rotatable bonds is 6. The maximum Gasteiger partial charge on any atom is 0.419 e. The highest BCUT2D eigenvalue weighted by atomic mass is 35.5. The van der Waals surface area contributed by atoms with E-state index in [1.807, 2.05) is 20.8 Å². The Balaban J connectivity index is 1.83. The highest BCUT2D eigenvalue weighted by molar-refractivity contribution is 6.42. The SMILES string of the molecule is CNC(=O)c1ccc(-n2c(O[C@@](C)([Si])C(C)C)nc3c(c2=O)CC(C)=[N+](C(=O)c2ccc(Cl)c(Cl)c2)C3)cc1. The minimum Gasteiger partial charge on any atom is -0.463 e. The van der Waals surface area contributed by atoms with Gasteiger partial charge in [0, 0.05) is 19.5 Å². The Hall–Kier alpha value is -3.27. The van der Waals surface area contributed by atoms with Gasteiger partial charge in [-0.15, -0.1) is 0 Å². The molecule has 1 aliphatic rings. The average molecular weight is 584 g/mol. The zero-order chi connectivity index (χ0) is 28.6. The lowest BCUT2D eigenvalue weighted by Crippen LogP contribution is -2.42. The van der Waals surface area contributed by atoms with Crippen LogP contribution in [0.15, 0.2) is 47.3 Å². The molecule has 0 saturated carbocycles. The maximum atomic E-state index is 13.9. The van der Waals surface area contributed by atoms with E-state index in [1.165, 1.54) is 10.6 Å². The molecule has 0 saturated heterocycles. The molecule has 2 heterocycles. The number of amides is 2. The molecule has 3 aromatic rings. The number of nitrogens with one attached hydrogen (secondary N) is 1. The lowest BCUT2D eigenvalue weighted by molar-refractivity contribution is -0.450. The lowest BCUT2D eigenvalue weighted by Gasteiger charge is -2.31. The second-order valence-electron chi connectivity index (χ2n) is 9.88. The molecule has 0 bridgehead atoms. The highest BCUT2D eigenvalue weighted by Gasteiger charge is 2.35. The number of carbonyl (C=O) groups is 2. The summed E-state index contributed by atoms with van der Waals surface area (Å²) >= 11 is 12.2. The predicted octanol–water partition coefficient (Wildman–Crippen LogP) is 4.19. The summed E-state index contributed by atoms with van der Waals surface area (Å²) in [5, 5.41) is 2.37. The molecule has 4 rings (SSSR count). The van der Waals surface area contributed by atoms with Crippen molar-refractivity contribution in [2.45, 2.75) is 45.9 Å². The molecule has 8 nitrogen and oxygen atoms in total. The number of fused-ring (bicyclic) bond motifs is 1. The fraction of sp³-hybridized carbons (Fsp3) is 0.321. The summed E-state index contributed by atoms with van der Waals surface area (Å²) in [4.78, 5) is 44.1. The van der Waals surface area contributed by atoms with E-state index < -0.39 is 5.22 Å². The van der Waals surface area contributed by atoms with Crippen LogP contribution in [0, 0.1) is 5.92 Å². The van der Waals surface area contributed by atoms with E-state index in [0.717, 1.165) is 0 Å². The molecule has 0 unspecified atom stereocenters. The molecular weight excluding hydrogens is 555 g/mol. The summed E-state index contributed by atoms with van der Waals surface area (Å²) in [6.07, 6.45) is 0.222. The van der Waals surface area contributed by atoms with E-state index in [0.29, 0.717) is 38.8 Å². The first-order valence-corrected chi connectivity index (χ1v) is 13.6. The molecule has 201 valence electrons. The van der Waals surface area contributed by atoms with Crippen molar-refractivity contribution in [1.82, 2.24) is 14.9 Å². The molecule has 0 fully saturated rings. The van der Waals surface area contributed by atoms with Crippen LogP contribution in [-0.2, 0) is 13.0 Å². The highest BCUT2D eigenvalue weighted by Crippen LogP contribution is 2.27. The summed E-state index contributed by atoms with van der Waals surface area (Å²) in [6.45, 7) is 7.68. The Morgan fingerprint density at radius 2 is 1.77 bits per heavy atom. The zero-order valence-electron chi connectivity index (χ0n) is 22.3. The van der Waals surface area contributed by atoms with Gasteiger partial charge in [-0.1, -0.05) is 37.0 Å². The normalized spacial score (nSPS) is 14.6. The van der Waals surface area contributed by atoms with Gasteiger partial charge in [-0.25, -0.2) is 9.36 Å². The van der Waals surface area contributed by atoms with Gasteiger partial charge in [-0.3, -0.25) is 9.59 Å². The van der Waals surface area contributed by atoms with E-state index in [9.17, 15) is 14.4 Å². The van der Waals surface area contributed by atoms with Gasteiger partial charge >= 0.3 is 11.9 Å². The molecule has 39 heavy (non-hydrogen) atoms. The number of hydrogen-bond donors (Lipinski definition) is 1. The smallest absolute Gasteiger partial charge is 0.419 e. The summed E-state index contributed by atoms with van der Waals surface area (Å²) in [5.74, 6) is -0.491. The summed E-state index contributed by atoms with van der Waals surface area (Å²) in [5.41, 5.74) is 2.62. The second kappa shape index (κ2) is 11.1. The van der Waals surface area contributed by atoms with Gasteiger partial charge in [0.15, 0.2) is 12.3 Å². The van der Waals surface area contributed by atoms with Crippen molar-refractivity contribution in [3.05, 3.63) is 85.2 Å². The maximum absolute atomic E-state index is 13.9. The zero-order valence-corrected chi connectivity index (χ0v) is 24.8. The second-order valence-corrected chi connectivity index (χ2v) is 11.7. The van der Waals surface area contributed by atoms with E-state index in [4.69, 9.17) is 32.9 Å². The van der Waals surface area contributed by atoms with Crippen LogP contribution >= 0.6 is 23.2 Å². The quantitative estimate of drug-likeness (QED) is 0.347. The first-order valence-electron chi connectivity index (χ1n) is 12.3. The number of aromatic nitrogens is 2. The summed E-state index contributed by atoms with van der Waals surface area (Å²) < 4.78 is 9.25. The summed E-state index contributed by atoms with van der Waals surface area (Å²) in [7, 11) is 5.23. The Morgan fingerprint density at radius 3 is 2.36 bits per heavy atom. The molecule has 1 aliphatic heterocycles. The van der Waals surface area contributed by atoms with Crippen LogP contribution < -0.4 is 15.6 Å². The minimum atomic E-state index is -0.844. The molecule has 2 amide bonds. The van der Waals surface area contributed by atoms with E-state index in [1.54, 1.807) is 54.9 Å². The van der Waals surface area contributed by atoms with E-state index in [-0.39, 0.29) is 47.3 Å². The third-order valence-corrected chi connectivity index (χ3v) is 8.28. The van der Waals surface area contributed by atoms with Crippen LogP contribution in [0.3, 0.4) is 0 Å². The number of halogens is 2. The van der Waals surface area contributed by atoms with Gasteiger partial charge in [0.05, 0.1) is 48.7 Å². The predicted molar refractivity (Wildman–Crippen MR) is 152 cm³/mol. The van der Waals surface area contributed by atoms with Gasteiger partial charge in [-0.2, -0.15) is 9.56 Å². The van der Waals surface area contributed by atoms with Gasteiger partial charge in [0.2, 0.25) is 0 Å². The molecule has 11 heteroatoms.